The second-order valence-corrected chi connectivity index (χ2v) is 10.7. The van der Waals surface area contributed by atoms with Gasteiger partial charge in [0, 0.05) is 43.9 Å². The SMILES string of the molecule is CC(C)(C)c1ccc(N2CCN(c3nnc(Cc4ccc(F)cc4)c4c3CCCC4)CC2)cc1. The third kappa shape index (κ3) is 4.79. The Morgan fingerprint density at radius 2 is 1.38 bits per heavy atom. The number of halogens is 1. The van der Waals surface area contributed by atoms with E-state index in [2.05, 4.69) is 54.8 Å². The van der Waals surface area contributed by atoms with Crippen LogP contribution >= 0.6 is 0 Å². The number of hydrogen-bond acceptors (Lipinski definition) is 4. The minimum absolute atomic E-state index is 0.178. The molecule has 0 unspecified atom stereocenters. The van der Waals surface area contributed by atoms with Crippen LogP contribution in [-0.4, -0.2) is 36.4 Å². The highest BCUT2D eigenvalue weighted by atomic mass is 19.1. The number of rotatable bonds is 4. The Bertz CT molecular complexity index is 1120. The van der Waals surface area contributed by atoms with Crippen LogP contribution in [0.15, 0.2) is 48.5 Å². The van der Waals surface area contributed by atoms with Crippen LogP contribution in [0.3, 0.4) is 0 Å². The molecule has 0 saturated carbocycles. The average molecular weight is 459 g/mol. The number of anilines is 2. The number of piperazine rings is 1. The van der Waals surface area contributed by atoms with Gasteiger partial charge in [-0.3, -0.25) is 0 Å². The quantitative estimate of drug-likeness (QED) is 0.501. The fourth-order valence-electron chi connectivity index (χ4n) is 5.24. The Morgan fingerprint density at radius 3 is 2.03 bits per heavy atom. The van der Waals surface area contributed by atoms with Crippen molar-refractivity contribution in [1.29, 1.82) is 0 Å². The summed E-state index contributed by atoms with van der Waals surface area (Å²) in [4.78, 5) is 4.91. The van der Waals surface area contributed by atoms with Gasteiger partial charge in [-0.15, -0.1) is 5.10 Å². The molecule has 4 nitrogen and oxygen atoms in total. The van der Waals surface area contributed by atoms with Crippen LogP contribution in [-0.2, 0) is 24.7 Å². The molecule has 0 radical (unpaired) electrons. The molecule has 5 rings (SSSR count). The third-order valence-electron chi connectivity index (χ3n) is 7.31. The summed E-state index contributed by atoms with van der Waals surface area (Å²) >= 11 is 0. The van der Waals surface area contributed by atoms with Crippen LogP contribution in [0.5, 0.6) is 0 Å². The standard InChI is InChI=1S/C29H35FN4/c1-29(2,3)22-10-14-24(15-11-22)33-16-18-34(19-17-33)28-26-7-5-4-6-25(26)27(31-32-28)20-21-8-12-23(30)13-9-21/h8-15H,4-7,16-20H2,1-3H3. The monoisotopic (exact) mass is 458 g/mol. The summed E-state index contributed by atoms with van der Waals surface area (Å²) in [6.07, 6.45) is 5.27. The maximum atomic E-state index is 13.3. The van der Waals surface area contributed by atoms with E-state index >= 15 is 0 Å². The molecule has 0 spiro atoms. The van der Waals surface area contributed by atoms with Gasteiger partial charge in [0.05, 0.1) is 5.69 Å². The van der Waals surface area contributed by atoms with Gasteiger partial charge in [-0.05, 0) is 72.1 Å². The fraction of sp³-hybridized carbons (Fsp3) is 0.448. The Kier molecular flexibility index (Phi) is 6.28. The molecular weight excluding hydrogens is 423 g/mol. The fourth-order valence-corrected chi connectivity index (χ4v) is 5.24. The summed E-state index contributed by atoms with van der Waals surface area (Å²) in [5, 5.41) is 9.44. The minimum Gasteiger partial charge on any atom is -0.368 e. The lowest BCUT2D eigenvalue weighted by molar-refractivity contribution is 0.589. The van der Waals surface area contributed by atoms with Crippen LogP contribution in [0.4, 0.5) is 15.9 Å². The van der Waals surface area contributed by atoms with Gasteiger partial charge in [-0.25, -0.2) is 4.39 Å². The average Bonchev–Trinajstić information content (AvgIpc) is 2.85. The van der Waals surface area contributed by atoms with E-state index in [0.717, 1.165) is 56.1 Å². The molecule has 0 N–H and O–H groups in total. The lowest BCUT2D eigenvalue weighted by atomic mass is 9.87. The van der Waals surface area contributed by atoms with Crippen LogP contribution < -0.4 is 9.80 Å². The molecule has 0 atom stereocenters. The van der Waals surface area contributed by atoms with Gasteiger partial charge in [0.15, 0.2) is 5.82 Å². The molecule has 34 heavy (non-hydrogen) atoms. The van der Waals surface area contributed by atoms with Crippen molar-refractivity contribution in [2.45, 2.75) is 58.3 Å². The van der Waals surface area contributed by atoms with E-state index in [1.165, 1.54) is 47.4 Å². The van der Waals surface area contributed by atoms with Crippen molar-refractivity contribution in [2.24, 2.45) is 0 Å². The Morgan fingerprint density at radius 1 is 0.765 bits per heavy atom. The number of nitrogens with zero attached hydrogens (tertiary/aromatic N) is 4. The maximum Gasteiger partial charge on any atom is 0.154 e. The lowest BCUT2D eigenvalue weighted by Crippen LogP contribution is -2.47. The largest absolute Gasteiger partial charge is 0.368 e. The molecule has 1 fully saturated rings. The lowest BCUT2D eigenvalue weighted by Gasteiger charge is -2.38. The van der Waals surface area contributed by atoms with Crippen LogP contribution in [0.1, 0.15) is 61.6 Å². The highest BCUT2D eigenvalue weighted by Gasteiger charge is 2.26. The van der Waals surface area contributed by atoms with Crippen molar-refractivity contribution in [1.82, 2.24) is 10.2 Å². The molecule has 1 aliphatic carbocycles. The van der Waals surface area contributed by atoms with Crippen LogP contribution in [0, 0.1) is 5.82 Å². The van der Waals surface area contributed by atoms with Crippen molar-refractivity contribution in [3.63, 3.8) is 0 Å². The molecular formula is C29H35FN4. The molecule has 178 valence electrons. The first-order valence-electron chi connectivity index (χ1n) is 12.6. The zero-order valence-electron chi connectivity index (χ0n) is 20.6. The van der Waals surface area contributed by atoms with E-state index in [1.54, 1.807) is 0 Å². The molecule has 2 aliphatic rings. The Balaban J connectivity index is 1.31. The Labute approximate surface area is 202 Å². The summed E-state index contributed by atoms with van der Waals surface area (Å²) in [5.74, 6) is 0.886. The summed E-state index contributed by atoms with van der Waals surface area (Å²) < 4.78 is 13.3. The second-order valence-electron chi connectivity index (χ2n) is 10.7. The van der Waals surface area contributed by atoms with Crippen LogP contribution in [0.25, 0.3) is 0 Å². The van der Waals surface area contributed by atoms with E-state index in [9.17, 15) is 4.39 Å². The predicted octanol–water partition coefficient (Wildman–Crippen LogP) is 5.71. The molecule has 3 aromatic rings. The molecule has 1 aromatic heterocycles. The highest BCUT2D eigenvalue weighted by Crippen LogP contribution is 2.32. The van der Waals surface area contributed by atoms with Crippen molar-refractivity contribution >= 4 is 11.5 Å². The number of hydrogen-bond donors (Lipinski definition) is 0. The number of benzene rings is 2. The molecule has 0 amide bonds. The van der Waals surface area contributed by atoms with Gasteiger partial charge in [0.1, 0.15) is 5.82 Å². The number of fused-ring (bicyclic) bond motifs is 1. The van der Waals surface area contributed by atoms with Crippen molar-refractivity contribution in [2.75, 3.05) is 36.0 Å². The highest BCUT2D eigenvalue weighted by molar-refractivity contribution is 5.55. The first-order chi connectivity index (χ1) is 16.4. The topological polar surface area (TPSA) is 32.3 Å². The van der Waals surface area contributed by atoms with Gasteiger partial charge in [0.25, 0.3) is 0 Å². The second kappa shape index (κ2) is 9.36. The first kappa shape index (κ1) is 22.8. The zero-order chi connectivity index (χ0) is 23.7. The van der Waals surface area contributed by atoms with E-state index < -0.39 is 0 Å². The van der Waals surface area contributed by atoms with E-state index in [4.69, 9.17) is 10.2 Å². The van der Waals surface area contributed by atoms with Gasteiger partial charge in [-0.1, -0.05) is 45.0 Å². The molecule has 0 bridgehead atoms. The normalized spacial score (nSPS) is 16.5. The molecule has 2 aromatic carbocycles. The van der Waals surface area contributed by atoms with Crippen molar-refractivity contribution in [3.05, 3.63) is 82.3 Å². The molecule has 1 aliphatic heterocycles. The van der Waals surface area contributed by atoms with Gasteiger partial charge in [-0.2, -0.15) is 5.10 Å². The minimum atomic E-state index is -0.198. The summed E-state index contributed by atoms with van der Waals surface area (Å²) in [6, 6.07) is 15.8. The van der Waals surface area contributed by atoms with Crippen molar-refractivity contribution in [3.8, 4) is 0 Å². The first-order valence-corrected chi connectivity index (χ1v) is 12.6. The molecule has 1 saturated heterocycles. The van der Waals surface area contributed by atoms with Crippen molar-refractivity contribution < 1.29 is 4.39 Å². The molecule has 2 heterocycles. The predicted molar refractivity (Wildman–Crippen MR) is 137 cm³/mol. The van der Waals surface area contributed by atoms with E-state index in [-0.39, 0.29) is 11.2 Å². The van der Waals surface area contributed by atoms with Crippen LogP contribution in [0.2, 0.25) is 0 Å². The Hall–Kier alpha value is -2.95. The van der Waals surface area contributed by atoms with E-state index in [0.29, 0.717) is 6.42 Å². The van der Waals surface area contributed by atoms with Gasteiger partial charge >= 0.3 is 0 Å². The third-order valence-corrected chi connectivity index (χ3v) is 7.31. The zero-order valence-corrected chi connectivity index (χ0v) is 20.6. The summed E-state index contributed by atoms with van der Waals surface area (Å²) in [6.45, 7) is 10.7. The van der Waals surface area contributed by atoms with Gasteiger partial charge in [0.2, 0.25) is 0 Å². The molecule has 5 heteroatoms. The summed E-state index contributed by atoms with van der Waals surface area (Å²) in [5.41, 5.74) is 7.76. The maximum absolute atomic E-state index is 13.3. The summed E-state index contributed by atoms with van der Waals surface area (Å²) in [7, 11) is 0. The van der Waals surface area contributed by atoms with E-state index in [1.807, 2.05) is 12.1 Å². The van der Waals surface area contributed by atoms with Gasteiger partial charge < -0.3 is 9.80 Å². The number of aromatic nitrogens is 2. The smallest absolute Gasteiger partial charge is 0.154 e.